The Balaban J connectivity index is 1.55. The first kappa shape index (κ1) is 10.4. The molecule has 2 rings (SSSR count). The van der Waals surface area contributed by atoms with Crippen LogP contribution in [0.25, 0.3) is 0 Å². The normalized spacial score (nSPS) is 34.1. The smallest absolute Gasteiger partial charge is 0.0589 e. The van der Waals surface area contributed by atoms with Crippen LogP contribution in [0.3, 0.4) is 0 Å². The highest BCUT2D eigenvalue weighted by Crippen LogP contribution is 2.29. The fraction of sp³-hybridized carbons (Fsp3) is 1.00. The average molecular weight is 197 g/mol. The van der Waals surface area contributed by atoms with E-state index in [1.807, 2.05) is 0 Å². The van der Waals surface area contributed by atoms with Gasteiger partial charge < -0.3 is 10.5 Å². The van der Waals surface area contributed by atoms with Gasteiger partial charge in [0.25, 0.3) is 0 Å². The van der Waals surface area contributed by atoms with Crippen molar-refractivity contribution < 1.29 is 4.74 Å². The molecule has 0 heterocycles. The largest absolute Gasteiger partial charge is 0.378 e. The Bertz CT molecular complexity index is 168. The van der Waals surface area contributed by atoms with Gasteiger partial charge in [0.1, 0.15) is 0 Å². The monoisotopic (exact) mass is 197 g/mol. The molecule has 0 saturated heterocycles. The molecular weight excluding hydrogens is 174 g/mol. The van der Waals surface area contributed by atoms with Crippen molar-refractivity contribution in [3.05, 3.63) is 0 Å². The number of hydrogen-bond donors (Lipinski definition) is 1. The quantitative estimate of drug-likeness (QED) is 0.751. The number of hydrogen-bond acceptors (Lipinski definition) is 2. The van der Waals surface area contributed by atoms with Crippen LogP contribution in [0, 0.1) is 5.92 Å². The Labute approximate surface area is 87.2 Å². The van der Waals surface area contributed by atoms with Crippen molar-refractivity contribution in [2.45, 2.75) is 63.5 Å². The van der Waals surface area contributed by atoms with E-state index in [1.165, 1.54) is 44.9 Å². The number of ether oxygens (including phenoxy) is 1. The lowest BCUT2D eigenvalue weighted by atomic mass is 9.83. The maximum absolute atomic E-state index is 5.91. The molecule has 2 heteroatoms. The van der Waals surface area contributed by atoms with E-state index in [1.54, 1.807) is 0 Å². The molecule has 2 saturated carbocycles. The van der Waals surface area contributed by atoms with Crippen LogP contribution < -0.4 is 5.73 Å². The highest BCUT2D eigenvalue weighted by atomic mass is 16.5. The summed E-state index contributed by atoms with van der Waals surface area (Å²) in [5.41, 5.74) is 5.91. The van der Waals surface area contributed by atoms with Crippen LogP contribution in [-0.2, 0) is 4.74 Å². The van der Waals surface area contributed by atoms with Gasteiger partial charge in [0.15, 0.2) is 0 Å². The van der Waals surface area contributed by atoms with Gasteiger partial charge in [-0.05, 0) is 38.0 Å². The number of rotatable bonds is 4. The molecule has 2 nitrogen and oxygen atoms in total. The van der Waals surface area contributed by atoms with Gasteiger partial charge in [0.2, 0.25) is 0 Å². The highest BCUT2D eigenvalue weighted by Gasteiger charge is 2.21. The van der Waals surface area contributed by atoms with Crippen molar-refractivity contribution in [2.75, 3.05) is 6.61 Å². The molecule has 2 aliphatic rings. The van der Waals surface area contributed by atoms with Crippen LogP contribution in [0.1, 0.15) is 51.4 Å². The maximum Gasteiger partial charge on any atom is 0.0589 e. The molecule has 0 bridgehead atoms. The Morgan fingerprint density at radius 3 is 2.50 bits per heavy atom. The first-order chi connectivity index (χ1) is 6.84. The van der Waals surface area contributed by atoms with Gasteiger partial charge in [-0.15, -0.1) is 0 Å². The molecule has 2 N–H and O–H groups in total. The summed E-state index contributed by atoms with van der Waals surface area (Å²) >= 11 is 0. The van der Waals surface area contributed by atoms with Crippen molar-refractivity contribution in [1.29, 1.82) is 0 Å². The third kappa shape index (κ3) is 2.96. The van der Waals surface area contributed by atoms with E-state index in [-0.39, 0.29) is 0 Å². The molecule has 2 atom stereocenters. The molecule has 0 aliphatic heterocycles. The molecule has 2 aliphatic carbocycles. The van der Waals surface area contributed by atoms with Crippen LogP contribution in [0.5, 0.6) is 0 Å². The summed E-state index contributed by atoms with van der Waals surface area (Å²) in [5, 5.41) is 0. The summed E-state index contributed by atoms with van der Waals surface area (Å²) in [6.07, 6.45) is 10.9. The first-order valence-electron chi connectivity index (χ1n) is 6.22. The standard InChI is InChI=1S/C12H23NO/c13-11-5-2-6-12(9-11)14-8-7-10-3-1-4-10/h10-12H,1-9,13H2. The molecule has 0 amide bonds. The molecule has 82 valence electrons. The molecule has 0 radical (unpaired) electrons. The van der Waals surface area contributed by atoms with Gasteiger partial charge in [0.05, 0.1) is 6.10 Å². The third-order valence-corrected chi connectivity index (χ3v) is 3.77. The van der Waals surface area contributed by atoms with Crippen LogP contribution in [-0.4, -0.2) is 18.8 Å². The van der Waals surface area contributed by atoms with Crippen LogP contribution in [0.4, 0.5) is 0 Å². The molecule has 14 heavy (non-hydrogen) atoms. The second-order valence-corrected chi connectivity index (χ2v) is 5.01. The second kappa shape index (κ2) is 5.13. The molecule has 0 aromatic heterocycles. The highest BCUT2D eigenvalue weighted by molar-refractivity contribution is 4.76. The summed E-state index contributed by atoms with van der Waals surface area (Å²) < 4.78 is 5.88. The summed E-state index contributed by atoms with van der Waals surface area (Å²) in [7, 11) is 0. The van der Waals surface area contributed by atoms with Gasteiger partial charge in [0, 0.05) is 12.6 Å². The summed E-state index contributed by atoms with van der Waals surface area (Å²) in [6.45, 7) is 0.974. The van der Waals surface area contributed by atoms with Gasteiger partial charge in [-0.25, -0.2) is 0 Å². The average Bonchev–Trinajstić information content (AvgIpc) is 2.09. The lowest BCUT2D eigenvalue weighted by Crippen LogP contribution is -2.32. The Kier molecular flexibility index (Phi) is 3.82. The summed E-state index contributed by atoms with van der Waals surface area (Å²) in [6, 6.07) is 0.400. The Morgan fingerprint density at radius 2 is 1.86 bits per heavy atom. The maximum atomic E-state index is 5.91. The van der Waals surface area contributed by atoms with E-state index in [0.717, 1.165) is 18.9 Å². The molecule has 0 aromatic rings. The predicted octanol–water partition coefficient (Wildman–Crippen LogP) is 2.46. The zero-order valence-corrected chi connectivity index (χ0v) is 9.08. The zero-order chi connectivity index (χ0) is 9.80. The first-order valence-corrected chi connectivity index (χ1v) is 6.22. The summed E-state index contributed by atoms with van der Waals surface area (Å²) in [5.74, 6) is 0.979. The van der Waals surface area contributed by atoms with Crippen LogP contribution >= 0.6 is 0 Å². The van der Waals surface area contributed by atoms with Gasteiger partial charge in [-0.3, -0.25) is 0 Å². The van der Waals surface area contributed by atoms with Gasteiger partial charge >= 0.3 is 0 Å². The van der Waals surface area contributed by atoms with Crippen molar-refractivity contribution >= 4 is 0 Å². The number of nitrogens with two attached hydrogens (primary N) is 1. The minimum atomic E-state index is 0.400. The molecule has 2 unspecified atom stereocenters. The van der Waals surface area contributed by atoms with Crippen molar-refractivity contribution in [3.63, 3.8) is 0 Å². The fourth-order valence-corrected chi connectivity index (χ4v) is 2.52. The van der Waals surface area contributed by atoms with Gasteiger partial charge in [-0.1, -0.05) is 19.3 Å². The predicted molar refractivity (Wildman–Crippen MR) is 58.1 cm³/mol. The Hall–Kier alpha value is -0.0800. The second-order valence-electron chi connectivity index (χ2n) is 5.01. The van der Waals surface area contributed by atoms with E-state index in [0.29, 0.717) is 12.1 Å². The molecule has 2 fully saturated rings. The van der Waals surface area contributed by atoms with E-state index >= 15 is 0 Å². The lowest BCUT2D eigenvalue weighted by molar-refractivity contribution is 0.0120. The van der Waals surface area contributed by atoms with E-state index < -0.39 is 0 Å². The molecule has 0 spiro atoms. The lowest BCUT2D eigenvalue weighted by Gasteiger charge is -2.29. The topological polar surface area (TPSA) is 35.2 Å². The van der Waals surface area contributed by atoms with Crippen molar-refractivity contribution in [1.82, 2.24) is 0 Å². The molecule has 0 aromatic carbocycles. The minimum Gasteiger partial charge on any atom is -0.378 e. The minimum absolute atomic E-state index is 0.400. The van der Waals surface area contributed by atoms with E-state index in [4.69, 9.17) is 10.5 Å². The van der Waals surface area contributed by atoms with Crippen LogP contribution in [0.2, 0.25) is 0 Å². The van der Waals surface area contributed by atoms with Crippen LogP contribution in [0.15, 0.2) is 0 Å². The van der Waals surface area contributed by atoms with Crippen molar-refractivity contribution in [2.24, 2.45) is 11.7 Å². The Morgan fingerprint density at radius 1 is 1.07 bits per heavy atom. The molecular formula is C12H23NO. The van der Waals surface area contributed by atoms with E-state index in [2.05, 4.69) is 0 Å². The van der Waals surface area contributed by atoms with Crippen molar-refractivity contribution in [3.8, 4) is 0 Å². The fourth-order valence-electron chi connectivity index (χ4n) is 2.52. The SMILES string of the molecule is NC1CCCC(OCCC2CCC2)C1. The summed E-state index contributed by atoms with van der Waals surface area (Å²) in [4.78, 5) is 0. The van der Waals surface area contributed by atoms with Gasteiger partial charge in [-0.2, -0.15) is 0 Å². The van der Waals surface area contributed by atoms with E-state index in [9.17, 15) is 0 Å². The third-order valence-electron chi connectivity index (χ3n) is 3.77. The zero-order valence-electron chi connectivity index (χ0n) is 9.08.